The quantitative estimate of drug-likeness (QED) is 0.105. The lowest BCUT2D eigenvalue weighted by Crippen LogP contribution is -2.35. The van der Waals surface area contributed by atoms with E-state index in [0.717, 1.165) is 12.1 Å². The van der Waals surface area contributed by atoms with Gasteiger partial charge < -0.3 is 20.7 Å². The number of anilines is 4. The molecule has 3 aromatic heterocycles. The second kappa shape index (κ2) is 10.8. The van der Waals surface area contributed by atoms with Crippen LogP contribution in [0, 0.1) is 9.37 Å². The summed E-state index contributed by atoms with van der Waals surface area (Å²) in [6, 6.07) is 10.8. The zero-order valence-corrected chi connectivity index (χ0v) is 23.6. The number of aromatic nitrogens is 4. The summed E-state index contributed by atoms with van der Waals surface area (Å²) in [7, 11) is 0. The summed E-state index contributed by atoms with van der Waals surface area (Å²) in [4.78, 5) is 35.2. The topological polar surface area (TPSA) is 134 Å². The van der Waals surface area contributed by atoms with Crippen LogP contribution in [0.2, 0.25) is 0 Å². The van der Waals surface area contributed by atoms with Crippen LogP contribution in [0.4, 0.5) is 35.4 Å². The molecule has 0 atom stereocenters. The molecule has 2 amide bonds. The van der Waals surface area contributed by atoms with E-state index in [2.05, 4.69) is 36.1 Å². The highest BCUT2D eigenvalue weighted by Crippen LogP contribution is 2.48. The molecule has 6 rings (SSSR count). The molecule has 0 unspecified atom stereocenters. The predicted octanol–water partition coefficient (Wildman–Crippen LogP) is 7.12. The maximum Gasteiger partial charge on any atom is 0.416 e. The molecule has 2 aromatic carbocycles. The summed E-state index contributed by atoms with van der Waals surface area (Å²) < 4.78 is 45.6. The van der Waals surface area contributed by atoms with Gasteiger partial charge in [0, 0.05) is 16.8 Å². The highest BCUT2D eigenvalue weighted by atomic mass is 32.1. The van der Waals surface area contributed by atoms with E-state index in [-0.39, 0.29) is 18.5 Å². The third-order valence-electron chi connectivity index (χ3n) is 6.41. The fraction of sp³-hybridized carbons (Fsp3) is 0.154. The van der Waals surface area contributed by atoms with Crippen LogP contribution in [-0.2, 0) is 15.8 Å². The molecule has 0 bridgehead atoms. The smallest absolute Gasteiger partial charge is 0.416 e. The number of ether oxygens (including phenoxy) is 1. The number of carbonyl (C=O) groups excluding carboxylic acids is 2. The minimum absolute atomic E-state index is 0.0340. The molecule has 4 N–H and O–H groups in total. The number of halogens is 3. The van der Waals surface area contributed by atoms with Crippen LogP contribution in [0.3, 0.4) is 0 Å². The largest absolute Gasteiger partial charge is 0.438 e. The van der Waals surface area contributed by atoms with Crippen molar-refractivity contribution < 1.29 is 27.5 Å². The average molecular weight is 630 g/mol. The Balaban J connectivity index is 1.13. The van der Waals surface area contributed by atoms with Crippen LogP contribution in [-0.4, -0.2) is 32.0 Å². The average Bonchev–Trinajstić information content (AvgIpc) is 3.53. The number of hydrogen-bond donors (Lipinski definition) is 4. The molecule has 16 heteroatoms. The number of amides is 2. The first-order valence-corrected chi connectivity index (χ1v) is 14.3. The van der Waals surface area contributed by atoms with Crippen molar-refractivity contribution in [3.63, 3.8) is 0 Å². The highest BCUT2D eigenvalue weighted by molar-refractivity contribution is 7.73. The van der Waals surface area contributed by atoms with Gasteiger partial charge in [-0.3, -0.25) is 14.7 Å². The first-order valence-electron chi connectivity index (χ1n) is 12.2. The van der Waals surface area contributed by atoms with E-state index in [1.165, 1.54) is 41.1 Å². The number of hydrogen-bond acceptors (Lipinski definition) is 10. The second-order valence-electron chi connectivity index (χ2n) is 9.25. The number of H-pyrrole nitrogens is 1. The lowest BCUT2D eigenvalue weighted by atomic mass is 10.0. The van der Waals surface area contributed by atoms with Crippen molar-refractivity contribution >= 4 is 79.1 Å². The molecule has 0 saturated heterocycles. The first kappa shape index (κ1) is 27.7. The molecular formula is C26H18F3N7O3S3. The Hall–Kier alpha value is -4.41. The number of aromatic amines is 1. The summed E-state index contributed by atoms with van der Waals surface area (Å²) in [5, 5.41) is 18.3. The highest BCUT2D eigenvalue weighted by Gasteiger charge is 2.56. The van der Waals surface area contributed by atoms with Gasteiger partial charge in [0.05, 0.1) is 16.6 Å². The lowest BCUT2D eigenvalue weighted by Gasteiger charge is -2.16. The maximum absolute atomic E-state index is 13.0. The monoisotopic (exact) mass is 629 g/mol. The molecule has 0 spiro atoms. The van der Waals surface area contributed by atoms with Gasteiger partial charge in [-0.1, -0.05) is 17.4 Å². The maximum atomic E-state index is 13.0. The van der Waals surface area contributed by atoms with Gasteiger partial charge in [-0.15, -0.1) is 16.4 Å². The SMILES string of the molecule is O=C(Nc1ccc(Oc2ncnc3scc(Nc4n[nH]c(=S)s4)c23)cc1)C1(C(=O)Nc2cccc(C(F)(F)F)c2)CC1. The molecule has 214 valence electrons. The molecule has 5 aromatic rings. The van der Waals surface area contributed by atoms with Crippen molar-refractivity contribution in [3.8, 4) is 11.6 Å². The van der Waals surface area contributed by atoms with Crippen molar-refractivity contribution in [2.75, 3.05) is 16.0 Å². The van der Waals surface area contributed by atoms with E-state index in [0.29, 0.717) is 42.3 Å². The lowest BCUT2D eigenvalue weighted by molar-refractivity contribution is -0.137. The Kier molecular flexibility index (Phi) is 7.12. The zero-order valence-electron chi connectivity index (χ0n) is 21.1. The van der Waals surface area contributed by atoms with Crippen LogP contribution in [0.15, 0.2) is 60.2 Å². The van der Waals surface area contributed by atoms with Gasteiger partial charge in [0.2, 0.25) is 22.8 Å². The minimum Gasteiger partial charge on any atom is -0.438 e. The molecule has 1 fully saturated rings. The third-order valence-corrected chi connectivity index (χ3v) is 8.30. The van der Waals surface area contributed by atoms with E-state index in [4.69, 9.17) is 17.0 Å². The normalized spacial score (nSPS) is 13.9. The van der Waals surface area contributed by atoms with E-state index in [1.54, 1.807) is 24.3 Å². The Labute approximate surface area is 248 Å². The molecule has 1 aliphatic carbocycles. The van der Waals surface area contributed by atoms with E-state index < -0.39 is 29.0 Å². The number of thiophene rings is 1. The first-order chi connectivity index (χ1) is 20.1. The van der Waals surface area contributed by atoms with Crippen LogP contribution >= 0.6 is 34.9 Å². The fourth-order valence-corrected chi connectivity index (χ4v) is 5.72. The van der Waals surface area contributed by atoms with Gasteiger partial charge in [0.1, 0.15) is 22.3 Å². The number of benzene rings is 2. The van der Waals surface area contributed by atoms with Crippen molar-refractivity contribution in [2.45, 2.75) is 19.0 Å². The Bertz CT molecular complexity index is 1860. The zero-order chi connectivity index (χ0) is 29.5. The number of nitrogens with one attached hydrogen (secondary N) is 4. The molecule has 3 heterocycles. The van der Waals surface area contributed by atoms with Gasteiger partial charge in [-0.05, 0) is 67.5 Å². The van der Waals surface area contributed by atoms with Crippen LogP contribution < -0.4 is 20.7 Å². The number of carbonyl (C=O) groups is 2. The summed E-state index contributed by atoms with van der Waals surface area (Å²) in [5.41, 5.74) is -1.18. The molecule has 0 aliphatic heterocycles. The van der Waals surface area contributed by atoms with Gasteiger partial charge >= 0.3 is 6.18 Å². The molecule has 10 nitrogen and oxygen atoms in total. The molecule has 1 saturated carbocycles. The molecule has 1 aliphatic rings. The van der Waals surface area contributed by atoms with Crippen LogP contribution in [0.1, 0.15) is 18.4 Å². The Morgan fingerprint density at radius 3 is 2.43 bits per heavy atom. The van der Waals surface area contributed by atoms with Gasteiger partial charge in [0.15, 0.2) is 3.95 Å². The molecule has 0 radical (unpaired) electrons. The number of rotatable bonds is 8. The summed E-state index contributed by atoms with van der Waals surface area (Å²) >= 11 is 7.77. The molecular weight excluding hydrogens is 612 g/mol. The number of alkyl halides is 3. The van der Waals surface area contributed by atoms with E-state index >= 15 is 0 Å². The van der Waals surface area contributed by atoms with E-state index in [9.17, 15) is 22.8 Å². The standard InChI is InChI=1S/C26H18F3N7O3S3/c27-26(28,29)13-2-1-3-15(10-13)33-22(38)25(8-9-25)21(37)32-14-4-6-16(7-5-14)39-19-18-17(11-41-20(18)31-12-30-19)34-23-35-36-24(40)42-23/h1-7,10-12H,8-9H2,(H,32,37)(H,33,38)(H,34,35)(H,36,40). The van der Waals surface area contributed by atoms with Crippen LogP contribution in [0.25, 0.3) is 10.2 Å². The molecule has 42 heavy (non-hydrogen) atoms. The van der Waals surface area contributed by atoms with E-state index in [1.807, 2.05) is 5.38 Å². The van der Waals surface area contributed by atoms with Crippen LogP contribution in [0.5, 0.6) is 11.6 Å². The van der Waals surface area contributed by atoms with Gasteiger partial charge in [-0.2, -0.15) is 13.2 Å². The van der Waals surface area contributed by atoms with Gasteiger partial charge in [-0.25, -0.2) is 9.97 Å². The summed E-state index contributed by atoms with van der Waals surface area (Å²) in [5.74, 6) is -0.465. The van der Waals surface area contributed by atoms with Crippen molar-refractivity contribution in [3.05, 3.63) is 69.8 Å². The summed E-state index contributed by atoms with van der Waals surface area (Å²) in [6.45, 7) is 0. The summed E-state index contributed by atoms with van der Waals surface area (Å²) in [6.07, 6.45) is -2.61. The third kappa shape index (κ3) is 5.68. The number of fused-ring (bicyclic) bond motifs is 1. The predicted molar refractivity (Wildman–Crippen MR) is 155 cm³/mol. The Morgan fingerprint density at radius 2 is 1.76 bits per heavy atom. The van der Waals surface area contributed by atoms with Crippen molar-refractivity contribution in [1.82, 2.24) is 20.2 Å². The van der Waals surface area contributed by atoms with Gasteiger partial charge in [0.25, 0.3) is 0 Å². The van der Waals surface area contributed by atoms with Crippen molar-refractivity contribution in [1.29, 1.82) is 0 Å². The second-order valence-corrected chi connectivity index (χ2v) is 11.8. The fourth-order valence-electron chi connectivity index (χ4n) is 4.09. The van der Waals surface area contributed by atoms with Crippen molar-refractivity contribution in [2.24, 2.45) is 5.41 Å². The number of nitrogens with zero attached hydrogens (tertiary/aromatic N) is 3. The minimum atomic E-state index is -4.55. The Morgan fingerprint density at radius 1 is 1.02 bits per heavy atom.